The topological polar surface area (TPSA) is 38.4 Å². The van der Waals surface area contributed by atoms with E-state index in [4.69, 9.17) is 18.2 Å². The van der Waals surface area contributed by atoms with Gasteiger partial charge in [-0.1, -0.05) is 46.3 Å². The van der Waals surface area contributed by atoms with Gasteiger partial charge >= 0.3 is 0 Å². The first-order valence-electron chi connectivity index (χ1n) is 5.45. The molecule has 0 aliphatic heterocycles. The van der Waals surface area contributed by atoms with Crippen molar-refractivity contribution in [2.24, 2.45) is 4.36 Å². The van der Waals surface area contributed by atoms with Gasteiger partial charge in [0.05, 0.1) is 5.69 Å². The molecule has 18 heavy (non-hydrogen) atoms. The number of nitrogen functional groups attached to an aromatic ring is 1. The summed E-state index contributed by atoms with van der Waals surface area (Å²) < 4.78 is 4.92. The molecule has 0 aromatic heterocycles. The van der Waals surface area contributed by atoms with Crippen LogP contribution in [-0.2, 0) is 12.4 Å². The Balaban J connectivity index is 2.66. The van der Waals surface area contributed by atoms with Crippen LogP contribution in [0.5, 0.6) is 0 Å². The smallest absolute Gasteiger partial charge is 0.108 e. The first kappa shape index (κ1) is 11.6. The van der Waals surface area contributed by atoms with Crippen LogP contribution in [0.2, 0.25) is 0 Å². The first-order chi connectivity index (χ1) is 8.72. The van der Waals surface area contributed by atoms with E-state index in [0.29, 0.717) is 11.4 Å². The molecule has 4 heteroatoms. The van der Waals surface area contributed by atoms with Crippen molar-refractivity contribution < 1.29 is 0 Å². The summed E-state index contributed by atoms with van der Waals surface area (Å²) in [4.78, 5) is 0. The summed E-state index contributed by atoms with van der Waals surface area (Å²) in [5, 5.41) is 4.22. The van der Waals surface area contributed by atoms with Crippen molar-refractivity contribution in [1.82, 2.24) is 0 Å². The van der Waals surface area contributed by atoms with Crippen LogP contribution in [0.3, 0.4) is 0 Å². The summed E-state index contributed by atoms with van der Waals surface area (Å²) >= 11 is 8.34. The van der Waals surface area contributed by atoms with Gasteiger partial charge in [0.2, 0.25) is 0 Å². The van der Waals surface area contributed by atoms with Crippen molar-refractivity contribution in [3.05, 3.63) is 46.9 Å². The SMILES string of the molecule is Nc1c(N=S)c2cc(Br)ccc2c2ccccc12. The fraction of sp³-hybridized carbons (Fsp3) is 0. The van der Waals surface area contributed by atoms with Gasteiger partial charge in [-0.25, -0.2) is 0 Å². The highest BCUT2D eigenvalue weighted by molar-refractivity contribution is 9.10. The van der Waals surface area contributed by atoms with E-state index in [1.807, 2.05) is 30.3 Å². The molecule has 0 radical (unpaired) electrons. The summed E-state index contributed by atoms with van der Waals surface area (Å²) in [6.07, 6.45) is 0. The molecule has 0 spiro atoms. The largest absolute Gasteiger partial charge is 0.396 e. The van der Waals surface area contributed by atoms with Crippen LogP contribution in [-0.4, -0.2) is 0 Å². The van der Waals surface area contributed by atoms with Crippen molar-refractivity contribution in [3.8, 4) is 0 Å². The molecule has 0 amide bonds. The molecule has 0 saturated heterocycles. The van der Waals surface area contributed by atoms with Crippen molar-refractivity contribution in [1.29, 1.82) is 0 Å². The van der Waals surface area contributed by atoms with Crippen LogP contribution in [0.25, 0.3) is 21.5 Å². The van der Waals surface area contributed by atoms with E-state index in [9.17, 15) is 0 Å². The zero-order valence-corrected chi connectivity index (χ0v) is 11.8. The molecular weight excluding hydrogens is 308 g/mol. The lowest BCUT2D eigenvalue weighted by Crippen LogP contribution is -1.90. The number of nitrogens with zero attached hydrogens (tertiary/aromatic N) is 1. The molecule has 0 fully saturated rings. The molecule has 3 aromatic rings. The Morgan fingerprint density at radius 2 is 1.61 bits per heavy atom. The minimum Gasteiger partial charge on any atom is -0.396 e. The summed E-state index contributed by atoms with van der Waals surface area (Å²) in [6.45, 7) is 0. The highest BCUT2D eigenvalue weighted by Gasteiger charge is 2.11. The van der Waals surface area contributed by atoms with E-state index in [2.05, 4.69) is 32.4 Å². The standard InChI is InChI=1S/C14H9BrN2S/c15-8-5-6-10-9-3-1-2-4-11(9)13(16)14(17-18)12(10)7-8/h1-7H,16H2. The second-order valence-corrected chi connectivity index (χ2v) is 5.19. The Bertz CT molecular complexity index is 783. The number of rotatable bonds is 1. The van der Waals surface area contributed by atoms with Gasteiger partial charge in [-0.3, -0.25) is 0 Å². The molecule has 88 valence electrons. The molecule has 3 rings (SSSR count). The lowest BCUT2D eigenvalue weighted by atomic mass is 9.99. The highest BCUT2D eigenvalue weighted by Crippen LogP contribution is 2.40. The van der Waals surface area contributed by atoms with E-state index in [1.54, 1.807) is 0 Å². The fourth-order valence-corrected chi connectivity index (χ4v) is 2.83. The van der Waals surface area contributed by atoms with Crippen LogP contribution in [0, 0.1) is 0 Å². The van der Waals surface area contributed by atoms with Crippen molar-refractivity contribution in [2.45, 2.75) is 0 Å². The highest BCUT2D eigenvalue weighted by atomic mass is 79.9. The molecular formula is C14H9BrN2S. The Morgan fingerprint density at radius 3 is 2.33 bits per heavy atom. The number of hydrogen-bond donors (Lipinski definition) is 1. The number of halogens is 1. The van der Waals surface area contributed by atoms with E-state index >= 15 is 0 Å². The van der Waals surface area contributed by atoms with Gasteiger partial charge in [-0.15, -0.1) is 0 Å². The summed E-state index contributed by atoms with van der Waals surface area (Å²) in [6, 6.07) is 14.1. The normalized spacial score (nSPS) is 10.9. The maximum absolute atomic E-state index is 6.17. The van der Waals surface area contributed by atoms with E-state index < -0.39 is 0 Å². The lowest BCUT2D eigenvalue weighted by Gasteiger charge is -2.10. The van der Waals surface area contributed by atoms with Crippen molar-refractivity contribution in [2.75, 3.05) is 5.73 Å². The third-order valence-electron chi connectivity index (χ3n) is 3.09. The molecule has 0 atom stereocenters. The zero-order valence-electron chi connectivity index (χ0n) is 9.35. The van der Waals surface area contributed by atoms with Gasteiger partial charge in [0.15, 0.2) is 0 Å². The molecule has 3 aromatic carbocycles. The number of benzene rings is 3. The van der Waals surface area contributed by atoms with E-state index in [0.717, 1.165) is 26.0 Å². The van der Waals surface area contributed by atoms with Crippen molar-refractivity contribution in [3.63, 3.8) is 0 Å². The number of nitrogens with two attached hydrogens (primary N) is 1. The average molecular weight is 317 g/mol. The minimum absolute atomic E-state index is 0.645. The maximum atomic E-state index is 6.17. The quantitative estimate of drug-likeness (QED) is 0.522. The average Bonchev–Trinajstić information content (AvgIpc) is 2.39. The van der Waals surface area contributed by atoms with Gasteiger partial charge in [0, 0.05) is 27.7 Å². The second-order valence-electron chi connectivity index (χ2n) is 4.09. The third kappa shape index (κ3) is 1.61. The summed E-state index contributed by atoms with van der Waals surface area (Å²) in [7, 11) is 0. The van der Waals surface area contributed by atoms with E-state index in [-0.39, 0.29) is 0 Å². The third-order valence-corrected chi connectivity index (χ3v) is 3.77. The minimum atomic E-state index is 0.645. The molecule has 0 saturated carbocycles. The van der Waals surface area contributed by atoms with Crippen molar-refractivity contribution >= 4 is 61.3 Å². The molecule has 0 bridgehead atoms. The van der Waals surface area contributed by atoms with Gasteiger partial charge in [-0.2, -0.15) is 4.36 Å². The maximum Gasteiger partial charge on any atom is 0.108 e. The van der Waals surface area contributed by atoms with Crippen LogP contribution in [0.15, 0.2) is 51.3 Å². The van der Waals surface area contributed by atoms with Gasteiger partial charge in [-0.05, 0) is 22.9 Å². The zero-order chi connectivity index (χ0) is 12.7. The molecule has 2 nitrogen and oxygen atoms in total. The fourth-order valence-electron chi connectivity index (χ4n) is 2.27. The van der Waals surface area contributed by atoms with Crippen LogP contribution in [0.1, 0.15) is 0 Å². The van der Waals surface area contributed by atoms with Gasteiger partial charge in [0.1, 0.15) is 5.69 Å². The Kier molecular flexibility index (Phi) is 2.76. The summed E-state index contributed by atoms with van der Waals surface area (Å²) in [5.41, 5.74) is 7.50. The van der Waals surface area contributed by atoms with Crippen LogP contribution >= 0.6 is 15.9 Å². The summed E-state index contributed by atoms with van der Waals surface area (Å²) in [5.74, 6) is 0. The van der Waals surface area contributed by atoms with Gasteiger partial charge < -0.3 is 5.73 Å². The molecule has 2 N–H and O–H groups in total. The monoisotopic (exact) mass is 316 g/mol. The van der Waals surface area contributed by atoms with E-state index in [1.165, 1.54) is 0 Å². The predicted octanol–water partition coefficient (Wildman–Crippen LogP) is 4.70. The number of fused-ring (bicyclic) bond motifs is 3. The Morgan fingerprint density at radius 1 is 0.944 bits per heavy atom. The number of hydrogen-bond acceptors (Lipinski definition) is 3. The number of anilines is 1. The molecule has 0 heterocycles. The first-order valence-corrected chi connectivity index (χ1v) is 6.61. The predicted molar refractivity (Wildman–Crippen MR) is 83.0 cm³/mol. The Labute approximate surface area is 118 Å². The van der Waals surface area contributed by atoms with Gasteiger partial charge in [0.25, 0.3) is 0 Å². The molecule has 0 aliphatic carbocycles. The second kappa shape index (κ2) is 4.30. The molecule has 0 unspecified atom stereocenters. The van der Waals surface area contributed by atoms with Crippen LogP contribution < -0.4 is 5.73 Å². The Hall–Kier alpha value is -1.52. The molecule has 0 aliphatic rings. The van der Waals surface area contributed by atoms with Crippen LogP contribution in [0.4, 0.5) is 11.4 Å². The lowest BCUT2D eigenvalue weighted by molar-refractivity contribution is 1.62.